The van der Waals surface area contributed by atoms with Gasteiger partial charge in [-0.3, -0.25) is 0 Å². The molecule has 0 spiro atoms. The molecule has 4 heterocycles. The number of hydrogen-bond acceptors (Lipinski definition) is 7. The van der Waals surface area contributed by atoms with Crippen molar-refractivity contribution in [2.75, 3.05) is 0 Å². The molecule has 0 aliphatic carbocycles. The smallest absolute Gasteiger partial charge is 0.330 e. The van der Waals surface area contributed by atoms with E-state index in [1.165, 1.54) is 17.2 Å². The van der Waals surface area contributed by atoms with Crippen LogP contribution in [-0.2, 0) is 36.8 Å². The highest BCUT2D eigenvalue weighted by molar-refractivity contribution is 5.82. The van der Waals surface area contributed by atoms with Crippen LogP contribution in [0.1, 0.15) is 56.6 Å². The average Bonchev–Trinajstić information content (AvgIpc) is 3.70. The number of esters is 1. The minimum absolute atomic E-state index is 0.0931. The maximum Gasteiger partial charge on any atom is 0.330 e. The van der Waals surface area contributed by atoms with Gasteiger partial charge in [0.2, 0.25) is 0 Å². The van der Waals surface area contributed by atoms with Crippen molar-refractivity contribution in [1.82, 2.24) is 0 Å². The number of rotatable bonds is 3. The Labute approximate surface area is 237 Å². The van der Waals surface area contributed by atoms with E-state index in [4.69, 9.17) is 18.9 Å². The number of hydrogen-bond donors (Lipinski definition) is 2. The summed E-state index contributed by atoms with van der Waals surface area (Å²) in [6, 6.07) is 8.17. The highest BCUT2D eigenvalue weighted by Gasteiger charge is 2.46. The highest BCUT2D eigenvalue weighted by atomic mass is 16.6. The van der Waals surface area contributed by atoms with Gasteiger partial charge in [0.15, 0.2) is 0 Å². The summed E-state index contributed by atoms with van der Waals surface area (Å²) in [5.41, 5.74) is 3.39. The van der Waals surface area contributed by atoms with Gasteiger partial charge in [0.25, 0.3) is 0 Å². The summed E-state index contributed by atoms with van der Waals surface area (Å²) < 4.78 is 23.7. The summed E-state index contributed by atoms with van der Waals surface area (Å²) in [5, 5.41) is 21.9. The molecule has 6 unspecified atom stereocenters. The van der Waals surface area contributed by atoms with E-state index in [2.05, 4.69) is 31.7 Å². The molecule has 7 nitrogen and oxygen atoms in total. The van der Waals surface area contributed by atoms with Crippen molar-refractivity contribution in [1.29, 1.82) is 0 Å². The van der Waals surface area contributed by atoms with E-state index in [0.717, 1.165) is 24.8 Å². The van der Waals surface area contributed by atoms with Gasteiger partial charge in [0.05, 0.1) is 37.1 Å². The molecule has 2 bridgehead atoms. The SMILES string of the molecule is C=C1CC(C)C[C@@H]2CC=CC(C/C=C\C(=O)OC(C(O)/C=C/C3Cc4ccccc4CO3)C[C@@H]3OC3[C@@H](O)C1)O2. The van der Waals surface area contributed by atoms with E-state index in [0.29, 0.717) is 31.8 Å². The molecule has 4 aliphatic rings. The number of aliphatic hydroxyl groups is 2. The number of aliphatic hydroxyl groups excluding tert-OH is 2. The Morgan fingerprint density at radius 3 is 2.73 bits per heavy atom. The maximum atomic E-state index is 12.7. The fraction of sp³-hybridized carbons (Fsp3) is 0.545. The zero-order chi connectivity index (χ0) is 28.1. The lowest BCUT2D eigenvalue weighted by Gasteiger charge is -2.28. The van der Waals surface area contributed by atoms with E-state index in [1.807, 2.05) is 24.3 Å². The zero-order valence-corrected chi connectivity index (χ0v) is 23.3. The molecule has 1 fully saturated rings. The first-order chi connectivity index (χ1) is 19.3. The Hall–Kier alpha value is -2.55. The zero-order valence-electron chi connectivity index (χ0n) is 23.3. The molecule has 2 N–H and O–H groups in total. The number of ether oxygens (including phenoxy) is 4. The van der Waals surface area contributed by atoms with Crippen molar-refractivity contribution in [3.8, 4) is 0 Å². The molecule has 9 atom stereocenters. The third kappa shape index (κ3) is 8.02. The first kappa shape index (κ1) is 29.0. The predicted octanol–water partition coefficient (Wildman–Crippen LogP) is 4.51. The van der Waals surface area contributed by atoms with Crippen LogP contribution in [0.4, 0.5) is 0 Å². The molecule has 40 heavy (non-hydrogen) atoms. The molecule has 1 aromatic rings. The largest absolute Gasteiger partial charge is 0.456 e. The molecule has 0 aromatic heterocycles. The predicted molar refractivity (Wildman–Crippen MR) is 151 cm³/mol. The van der Waals surface area contributed by atoms with Gasteiger partial charge in [-0.25, -0.2) is 4.79 Å². The second-order valence-corrected chi connectivity index (χ2v) is 11.7. The lowest BCUT2D eigenvalue weighted by atomic mass is 9.91. The molecule has 1 aromatic carbocycles. The Morgan fingerprint density at radius 2 is 1.88 bits per heavy atom. The van der Waals surface area contributed by atoms with Crippen LogP contribution in [0.5, 0.6) is 0 Å². The van der Waals surface area contributed by atoms with Gasteiger partial charge in [-0.05, 0) is 49.1 Å². The number of cyclic esters (lactones) is 1. The van der Waals surface area contributed by atoms with E-state index >= 15 is 0 Å². The van der Waals surface area contributed by atoms with Crippen molar-refractivity contribution < 1.29 is 34.0 Å². The van der Waals surface area contributed by atoms with E-state index in [9.17, 15) is 15.0 Å². The number of carbonyl (C=O) groups excluding carboxylic acids is 1. The molecule has 0 saturated carbocycles. The quantitative estimate of drug-likeness (QED) is 0.325. The number of fused-ring (bicyclic) bond motifs is 4. The fourth-order valence-corrected chi connectivity index (χ4v) is 6.05. The second kappa shape index (κ2) is 13.4. The van der Waals surface area contributed by atoms with Crippen molar-refractivity contribution in [2.45, 2.75) is 107 Å². The fourth-order valence-electron chi connectivity index (χ4n) is 6.05. The number of benzene rings is 1. The topological polar surface area (TPSA) is 97.8 Å². The van der Waals surface area contributed by atoms with Crippen molar-refractivity contribution in [3.05, 3.63) is 84.0 Å². The van der Waals surface area contributed by atoms with Crippen LogP contribution in [0, 0.1) is 5.92 Å². The summed E-state index contributed by atoms with van der Waals surface area (Å²) in [7, 11) is 0. The molecule has 216 valence electrons. The van der Waals surface area contributed by atoms with Gasteiger partial charge in [-0.15, -0.1) is 0 Å². The van der Waals surface area contributed by atoms with Crippen molar-refractivity contribution in [3.63, 3.8) is 0 Å². The average molecular weight is 551 g/mol. The van der Waals surface area contributed by atoms with Gasteiger partial charge in [0.1, 0.15) is 18.3 Å². The van der Waals surface area contributed by atoms with Crippen LogP contribution >= 0.6 is 0 Å². The summed E-state index contributed by atoms with van der Waals surface area (Å²) in [5.74, 6) is -0.150. The lowest BCUT2D eigenvalue weighted by Crippen LogP contribution is -2.32. The molecule has 0 amide bonds. The maximum absolute atomic E-state index is 12.7. The van der Waals surface area contributed by atoms with Crippen LogP contribution in [0.15, 0.2) is 72.9 Å². The standard InChI is InChI=1S/C33H42O7/c1-21-15-22(2)17-29(35)33-31(40-33)19-30(39-32(36)12-6-10-25-9-5-11-27(16-21)38-25)28(34)14-13-26-18-23-7-3-4-8-24(23)20-37-26/h3-9,12-14,21,25-31,33-35H,2,10-11,15-20H2,1H3/b12-6-,14-13+/t21?,25?,26?,27-,28?,29-,30?,31-,33?/m0/s1. The molecule has 5 rings (SSSR count). The Balaban J connectivity index is 1.26. The van der Waals surface area contributed by atoms with Gasteiger partial charge in [-0.2, -0.15) is 0 Å². The monoisotopic (exact) mass is 550 g/mol. The number of carbonyl (C=O) groups is 1. The minimum atomic E-state index is -1.05. The molecule has 7 heteroatoms. The first-order valence-electron chi connectivity index (χ1n) is 14.6. The number of epoxide rings is 1. The Bertz CT molecular complexity index is 1120. The summed E-state index contributed by atoms with van der Waals surface area (Å²) in [6.45, 7) is 6.91. The van der Waals surface area contributed by atoms with Gasteiger partial charge >= 0.3 is 5.97 Å². The second-order valence-electron chi connectivity index (χ2n) is 11.7. The normalized spacial score (nSPS) is 37.0. The first-order valence-corrected chi connectivity index (χ1v) is 14.6. The molecule has 1 saturated heterocycles. The summed E-state index contributed by atoms with van der Waals surface area (Å²) in [4.78, 5) is 12.7. The van der Waals surface area contributed by atoms with Crippen LogP contribution < -0.4 is 0 Å². The molecular weight excluding hydrogens is 508 g/mol. The summed E-state index contributed by atoms with van der Waals surface area (Å²) >= 11 is 0. The van der Waals surface area contributed by atoms with Gasteiger partial charge in [0, 0.05) is 18.9 Å². The molecule has 0 radical (unpaired) electrons. The van der Waals surface area contributed by atoms with Gasteiger partial charge < -0.3 is 29.2 Å². The van der Waals surface area contributed by atoms with Crippen molar-refractivity contribution >= 4 is 5.97 Å². The minimum Gasteiger partial charge on any atom is -0.456 e. The van der Waals surface area contributed by atoms with E-state index < -0.39 is 24.3 Å². The highest BCUT2D eigenvalue weighted by Crippen LogP contribution is 2.35. The summed E-state index contributed by atoms with van der Waals surface area (Å²) in [6.07, 6.45) is 12.0. The van der Waals surface area contributed by atoms with Crippen LogP contribution in [0.2, 0.25) is 0 Å². The molecular formula is C33H42O7. The Morgan fingerprint density at radius 1 is 1.05 bits per heavy atom. The Kier molecular flexibility index (Phi) is 9.71. The third-order valence-corrected chi connectivity index (χ3v) is 8.17. The van der Waals surface area contributed by atoms with Crippen LogP contribution in [0.3, 0.4) is 0 Å². The van der Waals surface area contributed by atoms with E-state index in [1.54, 1.807) is 12.2 Å². The lowest BCUT2D eigenvalue weighted by molar-refractivity contribution is -0.148. The third-order valence-electron chi connectivity index (χ3n) is 8.17. The molecule has 4 aliphatic heterocycles. The van der Waals surface area contributed by atoms with Gasteiger partial charge in [-0.1, -0.05) is 73.7 Å². The van der Waals surface area contributed by atoms with Crippen LogP contribution in [-0.4, -0.2) is 65.0 Å². The van der Waals surface area contributed by atoms with Crippen molar-refractivity contribution in [2.24, 2.45) is 5.92 Å². The van der Waals surface area contributed by atoms with E-state index in [-0.39, 0.29) is 36.9 Å². The van der Waals surface area contributed by atoms with Crippen LogP contribution in [0.25, 0.3) is 0 Å².